The highest BCUT2D eigenvalue weighted by Gasteiger charge is 2.18. The van der Waals surface area contributed by atoms with Gasteiger partial charge in [-0.15, -0.1) is 0 Å². The first-order chi connectivity index (χ1) is 12.3. The number of rotatable bonds is 4. The number of ether oxygens (including phenoxy) is 1. The fourth-order valence-electron chi connectivity index (χ4n) is 3.32. The van der Waals surface area contributed by atoms with Crippen molar-refractivity contribution in [1.29, 1.82) is 0 Å². The van der Waals surface area contributed by atoms with Gasteiger partial charge in [-0.1, -0.05) is 24.3 Å². The van der Waals surface area contributed by atoms with Crippen molar-refractivity contribution in [3.8, 4) is 5.75 Å². The van der Waals surface area contributed by atoms with Gasteiger partial charge >= 0.3 is 0 Å². The average Bonchev–Trinajstić information content (AvgIpc) is 2.69. The van der Waals surface area contributed by atoms with Gasteiger partial charge in [0.15, 0.2) is 0 Å². The molecule has 0 N–H and O–H groups in total. The van der Waals surface area contributed by atoms with Crippen LogP contribution in [0.5, 0.6) is 5.75 Å². The molecule has 2 aromatic heterocycles. The van der Waals surface area contributed by atoms with E-state index in [0.717, 1.165) is 60.9 Å². The highest BCUT2D eigenvalue weighted by Crippen LogP contribution is 2.24. The molecule has 5 nitrogen and oxygen atoms in total. The van der Waals surface area contributed by atoms with Gasteiger partial charge in [0.25, 0.3) is 0 Å². The second-order valence-electron chi connectivity index (χ2n) is 6.29. The average molecular weight is 334 g/mol. The van der Waals surface area contributed by atoms with E-state index in [-0.39, 0.29) is 0 Å². The zero-order valence-corrected chi connectivity index (χ0v) is 14.4. The number of fused-ring (bicyclic) bond motifs is 1. The highest BCUT2D eigenvalue weighted by atomic mass is 16.5. The van der Waals surface area contributed by atoms with Crippen LogP contribution in [0.1, 0.15) is 5.69 Å². The van der Waals surface area contributed by atoms with Crippen molar-refractivity contribution in [3.63, 3.8) is 0 Å². The predicted molar refractivity (Wildman–Crippen MR) is 100 cm³/mol. The van der Waals surface area contributed by atoms with Gasteiger partial charge in [0.05, 0.1) is 12.8 Å². The Morgan fingerprint density at radius 1 is 0.960 bits per heavy atom. The summed E-state index contributed by atoms with van der Waals surface area (Å²) in [5.74, 6) is 1.90. The summed E-state index contributed by atoms with van der Waals surface area (Å²) in [5, 5.41) is 1.11. The number of methoxy groups -OCH3 is 1. The second-order valence-corrected chi connectivity index (χ2v) is 6.29. The number of anilines is 1. The molecule has 0 aliphatic carbocycles. The van der Waals surface area contributed by atoms with Crippen LogP contribution in [0.4, 0.5) is 5.82 Å². The Bertz CT molecular complexity index is 845. The number of hydrogen-bond acceptors (Lipinski definition) is 5. The Morgan fingerprint density at radius 2 is 1.84 bits per heavy atom. The van der Waals surface area contributed by atoms with E-state index < -0.39 is 0 Å². The Hall–Kier alpha value is -2.66. The van der Waals surface area contributed by atoms with Gasteiger partial charge in [0, 0.05) is 44.3 Å². The van der Waals surface area contributed by atoms with E-state index in [1.807, 2.05) is 30.5 Å². The Labute approximate surface area is 147 Å². The Kier molecular flexibility index (Phi) is 4.48. The molecule has 25 heavy (non-hydrogen) atoms. The van der Waals surface area contributed by atoms with Crippen molar-refractivity contribution in [2.75, 3.05) is 38.2 Å². The topological polar surface area (TPSA) is 41.5 Å². The minimum absolute atomic E-state index is 0.833. The molecule has 1 aliphatic heterocycles. The largest absolute Gasteiger partial charge is 0.494 e. The van der Waals surface area contributed by atoms with E-state index >= 15 is 0 Å². The number of aromatic nitrogens is 2. The van der Waals surface area contributed by atoms with Crippen LogP contribution in [0.3, 0.4) is 0 Å². The lowest BCUT2D eigenvalue weighted by atomic mass is 10.2. The molecule has 1 saturated heterocycles. The molecule has 4 rings (SSSR count). The van der Waals surface area contributed by atoms with Gasteiger partial charge in [-0.25, -0.2) is 9.97 Å². The van der Waals surface area contributed by atoms with Crippen molar-refractivity contribution in [2.24, 2.45) is 0 Å². The molecule has 1 aromatic carbocycles. The van der Waals surface area contributed by atoms with Crippen LogP contribution in [0, 0.1) is 0 Å². The first-order valence-electron chi connectivity index (χ1n) is 8.64. The molecule has 0 unspecified atom stereocenters. The zero-order chi connectivity index (χ0) is 17.1. The first-order valence-corrected chi connectivity index (χ1v) is 8.64. The molecule has 0 spiro atoms. The lowest BCUT2D eigenvalue weighted by Crippen LogP contribution is -2.46. The van der Waals surface area contributed by atoms with Gasteiger partial charge in [-0.05, 0) is 24.3 Å². The minimum Gasteiger partial charge on any atom is -0.494 e. The summed E-state index contributed by atoms with van der Waals surface area (Å²) in [6, 6.07) is 16.4. The molecule has 1 aliphatic rings. The molecule has 5 heteroatoms. The molecule has 0 amide bonds. The third kappa shape index (κ3) is 3.42. The van der Waals surface area contributed by atoms with Crippen molar-refractivity contribution in [2.45, 2.75) is 6.54 Å². The highest BCUT2D eigenvalue weighted by molar-refractivity contribution is 5.84. The summed E-state index contributed by atoms with van der Waals surface area (Å²) in [7, 11) is 1.69. The van der Waals surface area contributed by atoms with Gasteiger partial charge in [-0.3, -0.25) is 4.90 Å². The summed E-state index contributed by atoms with van der Waals surface area (Å²) in [6.07, 6.45) is 1.86. The Morgan fingerprint density at radius 3 is 2.60 bits per heavy atom. The SMILES string of the molecule is COc1cccc2ccc(CN3CCN(c4ccccn4)CC3)nc12. The predicted octanol–water partition coefficient (Wildman–Crippen LogP) is 2.96. The number of nitrogens with zero attached hydrogens (tertiary/aromatic N) is 4. The van der Waals surface area contributed by atoms with E-state index in [0.29, 0.717) is 0 Å². The minimum atomic E-state index is 0.833. The molecule has 0 saturated carbocycles. The van der Waals surface area contributed by atoms with Crippen LogP contribution < -0.4 is 9.64 Å². The monoisotopic (exact) mass is 334 g/mol. The molecule has 0 radical (unpaired) electrons. The van der Waals surface area contributed by atoms with Crippen molar-refractivity contribution >= 4 is 16.7 Å². The standard InChI is InChI=1S/C20H22N4O/c1-25-18-6-4-5-16-8-9-17(22-20(16)18)15-23-11-13-24(14-12-23)19-7-2-3-10-21-19/h2-10H,11-15H2,1H3. The quantitative estimate of drug-likeness (QED) is 0.734. The summed E-state index contributed by atoms with van der Waals surface area (Å²) >= 11 is 0. The van der Waals surface area contributed by atoms with E-state index in [1.165, 1.54) is 0 Å². The van der Waals surface area contributed by atoms with Crippen molar-refractivity contribution < 1.29 is 4.74 Å². The lowest BCUT2D eigenvalue weighted by molar-refractivity contribution is 0.247. The molecular weight excluding hydrogens is 312 g/mol. The molecule has 128 valence electrons. The normalized spacial score (nSPS) is 15.5. The van der Waals surface area contributed by atoms with Crippen LogP contribution in [0.15, 0.2) is 54.7 Å². The van der Waals surface area contributed by atoms with Crippen LogP contribution in [0.25, 0.3) is 10.9 Å². The third-order valence-electron chi connectivity index (χ3n) is 4.69. The smallest absolute Gasteiger partial charge is 0.145 e. The second kappa shape index (κ2) is 7.07. The molecule has 1 fully saturated rings. The number of para-hydroxylation sites is 1. The molecule has 3 heterocycles. The maximum absolute atomic E-state index is 5.45. The molecule has 3 aromatic rings. The molecule has 0 bridgehead atoms. The van der Waals surface area contributed by atoms with Crippen LogP contribution in [-0.2, 0) is 6.54 Å². The van der Waals surface area contributed by atoms with Crippen molar-refractivity contribution in [3.05, 3.63) is 60.4 Å². The lowest BCUT2D eigenvalue weighted by Gasteiger charge is -2.35. The number of pyridine rings is 2. The first kappa shape index (κ1) is 15.8. The third-order valence-corrected chi connectivity index (χ3v) is 4.69. The van der Waals surface area contributed by atoms with E-state index in [2.05, 4.69) is 39.0 Å². The maximum atomic E-state index is 5.45. The van der Waals surface area contributed by atoms with Crippen LogP contribution in [0.2, 0.25) is 0 Å². The summed E-state index contributed by atoms with van der Waals surface area (Å²) < 4.78 is 5.45. The number of hydrogen-bond donors (Lipinski definition) is 0. The fraction of sp³-hybridized carbons (Fsp3) is 0.300. The van der Waals surface area contributed by atoms with Crippen molar-refractivity contribution in [1.82, 2.24) is 14.9 Å². The van der Waals surface area contributed by atoms with E-state index in [1.54, 1.807) is 7.11 Å². The number of benzene rings is 1. The fourth-order valence-corrected chi connectivity index (χ4v) is 3.32. The van der Waals surface area contributed by atoms with E-state index in [9.17, 15) is 0 Å². The van der Waals surface area contributed by atoms with Gasteiger partial charge in [0.1, 0.15) is 17.1 Å². The summed E-state index contributed by atoms with van der Waals surface area (Å²) in [4.78, 5) is 14.1. The van der Waals surface area contributed by atoms with Crippen LogP contribution >= 0.6 is 0 Å². The number of piperazine rings is 1. The molecular formula is C20H22N4O. The van der Waals surface area contributed by atoms with Gasteiger partial charge in [-0.2, -0.15) is 0 Å². The Balaban J connectivity index is 1.44. The molecule has 0 atom stereocenters. The van der Waals surface area contributed by atoms with Gasteiger partial charge in [0.2, 0.25) is 0 Å². The maximum Gasteiger partial charge on any atom is 0.145 e. The van der Waals surface area contributed by atoms with Crippen LogP contribution in [-0.4, -0.2) is 48.2 Å². The summed E-state index contributed by atoms with van der Waals surface area (Å²) in [5.41, 5.74) is 2.03. The van der Waals surface area contributed by atoms with Gasteiger partial charge < -0.3 is 9.64 Å². The summed E-state index contributed by atoms with van der Waals surface area (Å²) in [6.45, 7) is 4.89. The van der Waals surface area contributed by atoms with E-state index in [4.69, 9.17) is 9.72 Å². The zero-order valence-electron chi connectivity index (χ0n) is 14.4.